The first-order valence-corrected chi connectivity index (χ1v) is 8.95. The summed E-state index contributed by atoms with van der Waals surface area (Å²) in [6.45, 7) is 3.68. The van der Waals surface area contributed by atoms with Crippen LogP contribution < -0.4 is 5.32 Å². The Morgan fingerprint density at radius 1 is 1.21 bits per heavy atom. The van der Waals surface area contributed by atoms with Crippen LogP contribution >= 0.6 is 23.2 Å². The molecule has 9 nitrogen and oxygen atoms in total. The summed E-state index contributed by atoms with van der Waals surface area (Å²) >= 11 is 12.0. The minimum Gasteiger partial charge on any atom is -0.308 e. The lowest BCUT2D eigenvalue weighted by molar-refractivity contribution is -0.385. The molecule has 3 aromatic rings. The number of carbonyl (C=O) groups excluding carboxylic acids is 1. The molecule has 0 bridgehead atoms. The zero-order valence-corrected chi connectivity index (χ0v) is 16.5. The number of hydrogen-bond acceptors (Lipinski definition) is 5. The molecule has 28 heavy (non-hydrogen) atoms. The summed E-state index contributed by atoms with van der Waals surface area (Å²) in [5, 5.41) is 22.8. The van der Waals surface area contributed by atoms with E-state index in [9.17, 15) is 14.9 Å². The Morgan fingerprint density at radius 3 is 2.61 bits per heavy atom. The van der Waals surface area contributed by atoms with Crippen molar-refractivity contribution < 1.29 is 9.72 Å². The van der Waals surface area contributed by atoms with Crippen LogP contribution in [0.15, 0.2) is 30.5 Å². The number of anilines is 1. The van der Waals surface area contributed by atoms with Gasteiger partial charge in [-0.2, -0.15) is 10.2 Å². The summed E-state index contributed by atoms with van der Waals surface area (Å²) in [5.74, 6) is -0.0162. The van der Waals surface area contributed by atoms with Gasteiger partial charge in [0.1, 0.15) is 18.4 Å². The number of nitro groups is 1. The normalized spacial score (nSPS) is 10.9. The average Bonchev–Trinajstić information content (AvgIpc) is 3.13. The Labute approximate surface area is 170 Å². The second kappa shape index (κ2) is 7.99. The maximum atomic E-state index is 12.2. The summed E-state index contributed by atoms with van der Waals surface area (Å²) in [5.41, 5.74) is 1.87. The maximum absolute atomic E-state index is 12.2. The van der Waals surface area contributed by atoms with E-state index in [2.05, 4.69) is 15.5 Å². The first-order chi connectivity index (χ1) is 13.2. The van der Waals surface area contributed by atoms with Crippen molar-refractivity contribution in [3.63, 3.8) is 0 Å². The third kappa shape index (κ3) is 4.49. The highest BCUT2D eigenvalue weighted by molar-refractivity contribution is 6.42. The predicted octanol–water partition coefficient (Wildman–Crippen LogP) is 3.60. The van der Waals surface area contributed by atoms with E-state index in [4.69, 9.17) is 23.2 Å². The van der Waals surface area contributed by atoms with Crippen molar-refractivity contribution in [1.82, 2.24) is 19.6 Å². The second-order valence-corrected chi connectivity index (χ2v) is 6.99. The predicted molar refractivity (Wildman–Crippen MR) is 105 cm³/mol. The van der Waals surface area contributed by atoms with E-state index in [0.717, 1.165) is 11.3 Å². The molecule has 0 aliphatic carbocycles. The molecule has 0 aliphatic rings. The third-order valence-electron chi connectivity index (χ3n) is 3.99. The summed E-state index contributed by atoms with van der Waals surface area (Å²) < 4.78 is 2.94. The maximum Gasteiger partial charge on any atom is 0.309 e. The fourth-order valence-electron chi connectivity index (χ4n) is 2.64. The van der Waals surface area contributed by atoms with Crippen molar-refractivity contribution in [2.75, 3.05) is 5.32 Å². The number of nitrogens with one attached hydrogen (secondary N) is 1. The molecule has 1 amide bonds. The first-order valence-electron chi connectivity index (χ1n) is 8.19. The molecule has 0 atom stereocenters. The molecule has 0 saturated carbocycles. The Kier molecular flexibility index (Phi) is 5.66. The van der Waals surface area contributed by atoms with Gasteiger partial charge >= 0.3 is 5.69 Å². The van der Waals surface area contributed by atoms with Gasteiger partial charge in [-0.25, -0.2) is 0 Å². The van der Waals surface area contributed by atoms with Crippen LogP contribution in [0.5, 0.6) is 0 Å². The van der Waals surface area contributed by atoms with Crippen molar-refractivity contribution in [2.45, 2.75) is 26.9 Å². The molecule has 0 aliphatic heterocycles. The Hall–Kier alpha value is -2.91. The fraction of sp³-hybridized carbons (Fsp3) is 0.235. The number of aromatic nitrogens is 4. The molecule has 0 radical (unpaired) electrons. The lowest BCUT2D eigenvalue weighted by Crippen LogP contribution is -2.19. The van der Waals surface area contributed by atoms with Crippen molar-refractivity contribution in [3.05, 3.63) is 67.6 Å². The molecule has 0 saturated heterocycles. The van der Waals surface area contributed by atoms with E-state index in [1.807, 2.05) is 13.0 Å². The lowest BCUT2D eigenvalue weighted by Gasteiger charge is -2.06. The van der Waals surface area contributed by atoms with Crippen LogP contribution in [-0.2, 0) is 17.9 Å². The van der Waals surface area contributed by atoms with Crippen molar-refractivity contribution in [3.8, 4) is 0 Å². The Bertz CT molecular complexity index is 1060. The van der Waals surface area contributed by atoms with Gasteiger partial charge in [-0.3, -0.25) is 24.3 Å². The lowest BCUT2D eigenvalue weighted by atomic mass is 10.2. The molecule has 3 rings (SSSR count). The topological polar surface area (TPSA) is 108 Å². The molecule has 0 unspecified atom stereocenters. The van der Waals surface area contributed by atoms with Gasteiger partial charge in [0, 0.05) is 11.8 Å². The van der Waals surface area contributed by atoms with E-state index in [1.54, 1.807) is 22.9 Å². The van der Waals surface area contributed by atoms with Crippen molar-refractivity contribution in [1.29, 1.82) is 0 Å². The Balaban J connectivity index is 1.67. The van der Waals surface area contributed by atoms with Gasteiger partial charge in [-0.05, 0) is 31.5 Å². The highest BCUT2D eigenvalue weighted by Gasteiger charge is 2.17. The van der Waals surface area contributed by atoms with Crippen LogP contribution in [0.3, 0.4) is 0 Å². The molecule has 146 valence electrons. The van der Waals surface area contributed by atoms with Crippen LogP contribution in [0.1, 0.15) is 17.0 Å². The number of rotatable bonds is 6. The minimum atomic E-state index is -0.537. The first kappa shape index (κ1) is 19.8. The van der Waals surface area contributed by atoms with Gasteiger partial charge < -0.3 is 5.32 Å². The van der Waals surface area contributed by atoms with E-state index in [0.29, 0.717) is 22.4 Å². The highest BCUT2D eigenvalue weighted by Crippen LogP contribution is 2.23. The van der Waals surface area contributed by atoms with Crippen LogP contribution in [-0.4, -0.2) is 30.4 Å². The summed E-state index contributed by atoms with van der Waals surface area (Å²) in [4.78, 5) is 22.5. The molecule has 11 heteroatoms. The standard InChI is InChI=1S/C17H16Cl2N6O3/c1-10-5-16(22-24(10)7-12-3-4-13(18)14(19)6-12)20-17(26)9-23-8-15(25(27)28)11(2)21-23/h3-6,8H,7,9H2,1-2H3,(H,20,22,26). The van der Waals surface area contributed by atoms with Crippen molar-refractivity contribution in [2.24, 2.45) is 0 Å². The smallest absolute Gasteiger partial charge is 0.308 e. The van der Waals surface area contributed by atoms with Crippen LogP contribution in [0.2, 0.25) is 10.0 Å². The fourth-order valence-corrected chi connectivity index (χ4v) is 2.96. The van der Waals surface area contributed by atoms with Crippen LogP contribution in [0, 0.1) is 24.0 Å². The van der Waals surface area contributed by atoms with E-state index in [1.165, 1.54) is 17.8 Å². The second-order valence-electron chi connectivity index (χ2n) is 6.18. The van der Waals surface area contributed by atoms with E-state index < -0.39 is 10.8 Å². The van der Waals surface area contributed by atoms with E-state index in [-0.39, 0.29) is 17.9 Å². The summed E-state index contributed by atoms with van der Waals surface area (Å²) in [6, 6.07) is 7.05. The number of benzene rings is 1. The average molecular weight is 423 g/mol. The summed E-state index contributed by atoms with van der Waals surface area (Å²) in [6.07, 6.45) is 1.23. The molecule has 1 aromatic carbocycles. The zero-order valence-electron chi connectivity index (χ0n) is 15.0. The molecular formula is C17H16Cl2N6O3. The number of amides is 1. The monoisotopic (exact) mass is 422 g/mol. The van der Waals surface area contributed by atoms with Gasteiger partial charge in [-0.15, -0.1) is 0 Å². The molecule has 0 spiro atoms. The van der Waals surface area contributed by atoms with E-state index >= 15 is 0 Å². The van der Waals surface area contributed by atoms with Crippen molar-refractivity contribution >= 4 is 40.6 Å². The number of hydrogen-bond donors (Lipinski definition) is 1. The number of carbonyl (C=O) groups is 1. The van der Waals surface area contributed by atoms with Gasteiger partial charge in [-0.1, -0.05) is 29.3 Å². The molecule has 2 heterocycles. The molecular weight excluding hydrogens is 407 g/mol. The Morgan fingerprint density at radius 2 is 1.96 bits per heavy atom. The molecule has 2 aromatic heterocycles. The highest BCUT2D eigenvalue weighted by atomic mass is 35.5. The molecule has 1 N–H and O–H groups in total. The SMILES string of the molecule is Cc1nn(CC(=O)Nc2cc(C)n(Cc3ccc(Cl)c(Cl)c3)n2)cc1[N+](=O)[O-]. The van der Waals surface area contributed by atoms with Gasteiger partial charge in [0.25, 0.3) is 0 Å². The van der Waals surface area contributed by atoms with Crippen LogP contribution in [0.25, 0.3) is 0 Å². The van der Waals surface area contributed by atoms with Gasteiger partial charge in [0.2, 0.25) is 5.91 Å². The van der Waals surface area contributed by atoms with Crippen LogP contribution in [0.4, 0.5) is 11.5 Å². The summed E-state index contributed by atoms with van der Waals surface area (Å²) in [7, 11) is 0. The number of nitrogens with zero attached hydrogens (tertiary/aromatic N) is 5. The largest absolute Gasteiger partial charge is 0.309 e. The number of aryl methyl sites for hydroxylation is 2. The van der Waals surface area contributed by atoms with Gasteiger partial charge in [0.15, 0.2) is 5.82 Å². The number of halogens is 2. The zero-order chi connectivity index (χ0) is 20.4. The third-order valence-corrected chi connectivity index (χ3v) is 4.73. The minimum absolute atomic E-state index is 0.130. The van der Waals surface area contributed by atoms with Gasteiger partial charge in [0.05, 0.1) is 21.5 Å². The molecule has 0 fully saturated rings. The quantitative estimate of drug-likeness (QED) is 0.482.